The Morgan fingerprint density at radius 1 is 1.09 bits per heavy atom. The molecule has 2 fully saturated rings. The number of rotatable bonds is 7. The fourth-order valence-electron chi connectivity index (χ4n) is 4.64. The van der Waals surface area contributed by atoms with Crippen molar-refractivity contribution in [2.45, 2.75) is 43.5 Å². The van der Waals surface area contributed by atoms with Gasteiger partial charge in [-0.05, 0) is 67.9 Å². The molecule has 9 nitrogen and oxygen atoms in total. The molecule has 1 atom stereocenters. The minimum atomic E-state index is -3.48. The molecule has 2 saturated heterocycles. The third-order valence-corrected chi connectivity index (χ3v) is 9.30. The molecule has 4 heterocycles. The Morgan fingerprint density at radius 2 is 1.89 bits per heavy atom. The average Bonchev–Trinajstić information content (AvgIpc) is 3.58. The van der Waals surface area contributed by atoms with Crippen LogP contribution in [0.1, 0.15) is 38.0 Å². The normalized spacial score (nSPS) is 20.1. The van der Waals surface area contributed by atoms with Crippen molar-refractivity contribution < 1.29 is 17.7 Å². The van der Waals surface area contributed by atoms with Gasteiger partial charge in [-0.1, -0.05) is 17.6 Å². The van der Waals surface area contributed by atoms with Crippen LogP contribution in [0.3, 0.4) is 0 Å². The number of carbonyl (C=O) groups excluding carboxylic acids is 1. The van der Waals surface area contributed by atoms with E-state index in [-0.39, 0.29) is 16.7 Å². The molecule has 5 rings (SSSR count). The molecule has 0 aliphatic carbocycles. The summed E-state index contributed by atoms with van der Waals surface area (Å²) in [4.78, 5) is 20.8. The predicted octanol–water partition coefficient (Wildman–Crippen LogP) is 3.82. The lowest BCUT2D eigenvalue weighted by Crippen LogP contribution is -2.40. The number of amides is 1. The molecule has 1 amide bonds. The Bertz CT molecular complexity index is 1240. The Morgan fingerprint density at radius 3 is 2.63 bits per heavy atom. The van der Waals surface area contributed by atoms with Crippen LogP contribution in [-0.2, 0) is 21.4 Å². The number of sulfonamides is 1. The number of hydrogen-bond donors (Lipinski definition) is 1. The molecule has 35 heavy (non-hydrogen) atoms. The summed E-state index contributed by atoms with van der Waals surface area (Å²) in [6.45, 7) is 3.11. The SMILES string of the molecule is O=C(Nc1ccc(S(=O)(=O)N2CCCCC2)cc1)C1CCCN(Cc2nc(-c3cccs3)no2)C1. The van der Waals surface area contributed by atoms with Crippen molar-refractivity contribution in [3.05, 3.63) is 47.7 Å². The van der Waals surface area contributed by atoms with Crippen molar-refractivity contribution in [3.8, 4) is 10.7 Å². The second-order valence-corrected chi connectivity index (χ2v) is 11.9. The molecular formula is C24H29N5O4S2. The Labute approximate surface area is 209 Å². The van der Waals surface area contributed by atoms with Gasteiger partial charge < -0.3 is 9.84 Å². The van der Waals surface area contributed by atoms with Gasteiger partial charge >= 0.3 is 0 Å². The first kappa shape index (κ1) is 24.1. The third kappa shape index (κ3) is 5.64. The maximum Gasteiger partial charge on any atom is 0.243 e. The fourth-order valence-corrected chi connectivity index (χ4v) is 6.80. The van der Waals surface area contributed by atoms with Gasteiger partial charge in [0.2, 0.25) is 27.6 Å². The highest BCUT2D eigenvalue weighted by molar-refractivity contribution is 7.89. The van der Waals surface area contributed by atoms with Crippen molar-refractivity contribution in [1.82, 2.24) is 19.3 Å². The van der Waals surface area contributed by atoms with E-state index < -0.39 is 10.0 Å². The van der Waals surface area contributed by atoms with Crippen LogP contribution < -0.4 is 5.32 Å². The summed E-state index contributed by atoms with van der Waals surface area (Å²) in [6.07, 6.45) is 4.56. The van der Waals surface area contributed by atoms with Gasteiger partial charge in [0, 0.05) is 25.3 Å². The number of likely N-dealkylation sites (tertiary alicyclic amines) is 1. The number of nitrogens with one attached hydrogen (secondary N) is 1. The minimum absolute atomic E-state index is 0.0638. The average molecular weight is 516 g/mol. The molecule has 1 aromatic carbocycles. The summed E-state index contributed by atoms with van der Waals surface area (Å²) in [5.41, 5.74) is 0.599. The van der Waals surface area contributed by atoms with Crippen molar-refractivity contribution >= 4 is 33.0 Å². The van der Waals surface area contributed by atoms with E-state index in [1.165, 1.54) is 0 Å². The van der Waals surface area contributed by atoms with E-state index in [0.29, 0.717) is 43.6 Å². The lowest BCUT2D eigenvalue weighted by Gasteiger charge is -2.30. The molecule has 2 aromatic heterocycles. The van der Waals surface area contributed by atoms with Gasteiger partial charge in [-0.2, -0.15) is 9.29 Å². The topological polar surface area (TPSA) is 109 Å². The van der Waals surface area contributed by atoms with Crippen molar-refractivity contribution in [3.63, 3.8) is 0 Å². The molecule has 0 bridgehead atoms. The summed E-state index contributed by atoms with van der Waals surface area (Å²) >= 11 is 1.56. The number of thiophene rings is 1. The van der Waals surface area contributed by atoms with Crippen LogP contribution in [0.25, 0.3) is 10.7 Å². The van der Waals surface area contributed by atoms with Gasteiger partial charge in [-0.25, -0.2) is 8.42 Å². The first-order chi connectivity index (χ1) is 17.0. The molecule has 1 N–H and O–H groups in total. The smallest absolute Gasteiger partial charge is 0.243 e. The minimum Gasteiger partial charge on any atom is -0.338 e. The molecule has 2 aliphatic heterocycles. The monoisotopic (exact) mass is 515 g/mol. The van der Waals surface area contributed by atoms with Crippen LogP contribution in [-0.4, -0.2) is 59.8 Å². The molecule has 0 radical (unpaired) electrons. The van der Waals surface area contributed by atoms with Gasteiger partial charge in [-0.15, -0.1) is 11.3 Å². The number of piperidine rings is 2. The van der Waals surface area contributed by atoms with E-state index in [2.05, 4.69) is 20.4 Å². The van der Waals surface area contributed by atoms with Crippen LogP contribution in [0.2, 0.25) is 0 Å². The molecule has 0 saturated carbocycles. The van der Waals surface area contributed by atoms with E-state index in [1.807, 2.05) is 17.5 Å². The van der Waals surface area contributed by atoms with Crippen LogP contribution >= 0.6 is 11.3 Å². The summed E-state index contributed by atoms with van der Waals surface area (Å²) in [5, 5.41) is 8.99. The predicted molar refractivity (Wildman–Crippen MR) is 133 cm³/mol. The number of nitrogens with zero attached hydrogens (tertiary/aromatic N) is 4. The molecule has 2 aliphatic rings. The van der Waals surface area contributed by atoms with E-state index in [4.69, 9.17) is 4.52 Å². The number of aromatic nitrogens is 2. The molecular weight excluding hydrogens is 486 g/mol. The van der Waals surface area contributed by atoms with Crippen molar-refractivity contribution in [1.29, 1.82) is 0 Å². The van der Waals surface area contributed by atoms with E-state index in [9.17, 15) is 13.2 Å². The Balaban J connectivity index is 1.17. The molecule has 186 valence electrons. The zero-order valence-electron chi connectivity index (χ0n) is 19.4. The first-order valence-corrected chi connectivity index (χ1v) is 14.3. The summed E-state index contributed by atoms with van der Waals surface area (Å²) < 4.78 is 32.6. The van der Waals surface area contributed by atoms with Crippen LogP contribution in [0, 0.1) is 5.92 Å². The maximum atomic E-state index is 12.9. The van der Waals surface area contributed by atoms with Gasteiger partial charge in [0.1, 0.15) is 0 Å². The van der Waals surface area contributed by atoms with Crippen LogP contribution in [0.5, 0.6) is 0 Å². The number of anilines is 1. The number of carbonyl (C=O) groups is 1. The zero-order valence-corrected chi connectivity index (χ0v) is 21.1. The van der Waals surface area contributed by atoms with E-state index in [1.54, 1.807) is 39.9 Å². The fraction of sp³-hybridized carbons (Fsp3) is 0.458. The van der Waals surface area contributed by atoms with Crippen molar-refractivity contribution in [2.24, 2.45) is 5.92 Å². The highest BCUT2D eigenvalue weighted by atomic mass is 32.2. The standard InChI is InChI=1S/C24H29N5O4S2/c30-24(25-19-8-10-20(11-9-19)35(31,32)29-13-2-1-3-14-29)18-6-4-12-28(16-18)17-22-26-23(27-33-22)21-7-5-15-34-21/h5,7-11,15,18H,1-4,6,12-14,16-17H2,(H,25,30). The molecule has 3 aromatic rings. The van der Waals surface area contributed by atoms with Crippen LogP contribution in [0.15, 0.2) is 51.2 Å². The maximum absolute atomic E-state index is 12.9. The van der Waals surface area contributed by atoms with E-state index >= 15 is 0 Å². The lowest BCUT2D eigenvalue weighted by molar-refractivity contribution is -0.121. The third-order valence-electron chi connectivity index (χ3n) is 6.52. The highest BCUT2D eigenvalue weighted by Gasteiger charge is 2.28. The second-order valence-electron chi connectivity index (χ2n) is 9.04. The lowest BCUT2D eigenvalue weighted by atomic mass is 9.97. The number of hydrogen-bond acceptors (Lipinski definition) is 8. The van der Waals surface area contributed by atoms with Gasteiger partial charge in [0.15, 0.2) is 0 Å². The molecule has 1 unspecified atom stereocenters. The molecule has 0 spiro atoms. The summed E-state index contributed by atoms with van der Waals surface area (Å²) in [6, 6.07) is 10.4. The van der Waals surface area contributed by atoms with Gasteiger partial charge in [-0.3, -0.25) is 9.69 Å². The summed E-state index contributed by atoms with van der Waals surface area (Å²) in [7, 11) is -3.48. The van der Waals surface area contributed by atoms with E-state index in [0.717, 1.165) is 43.5 Å². The Kier molecular flexibility index (Phi) is 7.28. The highest BCUT2D eigenvalue weighted by Crippen LogP contribution is 2.25. The first-order valence-electron chi connectivity index (χ1n) is 12.0. The van der Waals surface area contributed by atoms with Gasteiger partial charge in [0.05, 0.1) is 22.2 Å². The van der Waals surface area contributed by atoms with Crippen LogP contribution in [0.4, 0.5) is 5.69 Å². The van der Waals surface area contributed by atoms with Gasteiger partial charge in [0.25, 0.3) is 0 Å². The quantitative estimate of drug-likeness (QED) is 0.509. The second kappa shape index (κ2) is 10.6. The summed E-state index contributed by atoms with van der Waals surface area (Å²) in [5.74, 6) is 0.901. The largest absolute Gasteiger partial charge is 0.338 e. The Hall–Kier alpha value is -2.60. The zero-order chi connectivity index (χ0) is 24.3. The van der Waals surface area contributed by atoms with Crippen molar-refractivity contribution in [2.75, 3.05) is 31.5 Å². The molecule has 11 heteroatoms. The number of benzene rings is 1.